The molecule has 1 N–H and O–H groups in total. The van der Waals surface area contributed by atoms with E-state index in [2.05, 4.69) is 54.2 Å². The normalized spacial score (nSPS) is 22.0. The predicted octanol–water partition coefficient (Wildman–Crippen LogP) is 3.83. The molecule has 0 aliphatic carbocycles. The zero-order valence-corrected chi connectivity index (χ0v) is 13.1. The molecule has 2 atom stereocenters. The molecule has 0 radical (unpaired) electrons. The molecular weight excluding hydrogens is 260 g/mol. The van der Waals surface area contributed by atoms with Gasteiger partial charge in [-0.15, -0.1) is 0 Å². The van der Waals surface area contributed by atoms with Gasteiger partial charge in [0.15, 0.2) is 0 Å². The van der Waals surface area contributed by atoms with Crippen molar-refractivity contribution in [1.29, 1.82) is 0 Å². The van der Waals surface area contributed by atoms with Crippen LogP contribution in [0.15, 0.2) is 24.3 Å². The number of fused-ring (bicyclic) bond motifs is 1. The van der Waals surface area contributed by atoms with Crippen LogP contribution in [-0.2, 0) is 0 Å². The zero-order valence-electron chi connectivity index (χ0n) is 13.1. The maximum Gasteiger partial charge on any atom is 0.225 e. The quantitative estimate of drug-likeness (QED) is 0.926. The van der Waals surface area contributed by atoms with Gasteiger partial charge >= 0.3 is 0 Å². The Morgan fingerprint density at radius 2 is 2.00 bits per heavy atom. The molecule has 1 aromatic heterocycles. The van der Waals surface area contributed by atoms with E-state index in [0.29, 0.717) is 12.1 Å². The van der Waals surface area contributed by atoms with E-state index >= 15 is 0 Å². The number of nitrogens with one attached hydrogen (secondary N) is 1. The zero-order chi connectivity index (χ0) is 14.8. The Hall–Kier alpha value is -1.84. The summed E-state index contributed by atoms with van der Waals surface area (Å²) in [5, 5.41) is 4.42. The van der Waals surface area contributed by atoms with Crippen LogP contribution in [0.25, 0.3) is 10.9 Å². The van der Waals surface area contributed by atoms with Crippen LogP contribution < -0.4 is 10.2 Å². The van der Waals surface area contributed by atoms with Gasteiger partial charge in [-0.3, -0.25) is 0 Å². The first-order valence-corrected chi connectivity index (χ1v) is 8.03. The van der Waals surface area contributed by atoms with Crippen LogP contribution in [0.1, 0.15) is 40.0 Å². The van der Waals surface area contributed by atoms with E-state index in [-0.39, 0.29) is 0 Å². The van der Waals surface area contributed by atoms with Gasteiger partial charge in [-0.05, 0) is 45.2 Å². The summed E-state index contributed by atoms with van der Waals surface area (Å²) in [6, 6.07) is 9.46. The topological polar surface area (TPSA) is 41.1 Å². The third kappa shape index (κ3) is 2.55. The van der Waals surface area contributed by atoms with Crippen molar-refractivity contribution in [3.8, 4) is 0 Å². The van der Waals surface area contributed by atoms with Crippen LogP contribution in [0.4, 0.5) is 11.8 Å². The number of benzene rings is 1. The number of anilines is 2. The Morgan fingerprint density at radius 1 is 1.19 bits per heavy atom. The fourth-order valence-electron chi connectivity index (χ4n) is 3.35. The largest absolute Gasteiger partial charge is 0.354 e. The Morgan fingerprint density at radius 3 is 2.76 bits per heavy atom. The lowest BCUT2D eigenvalue weighted by Gasteiger charge is -2.30. The highest BCUT2D eigenvalue weighted by Crippen LogP contribution is 2.35. The van der Waals surface area contributed by atoms with Crippen LogP contribution in [0.3, 0.4) is 0 Å². The number of hydrogen-bond acceptors (Lipinski definition) is 4. The molecule has 4 heteroatoms. The molecule has 4 nitrogen and oxygen atoms in total. The van der Waals surface area contributed by atoms with Gasteiger partial charge in [0.1, 0.15) is 5.82 Å². The summed E-state index contributed by atoms with van der Waals surface area (Å²) in [5.74, 6) is 1.83. The van der Waals surface area contributed by atoms with Crippen molar-refractivity contribution in [3.05, 3.63) is 24.3 Å². The molecule has 1 aromatic carbocycles. The number of aromatic nitrogens is 2. The summed E-state index contributed by atoms with van der Waals surface area (Å²) in [6.07, 6.45) is 3.67. The molecule has 0 spiro atoms. The summed E-state index contributed by atoms with van der Waals surface area (Å²) in [7, 11) is 0. The average Bonchev–Trinajstić information content (AvgIpc) is 2.87. The first-order valence-electron chi connectivity index (χ1n) is 8.03. The first-order chi connectivity index (χ1) is 10.2. The molecule has 21 heavy (non-hydrogen) atoms. The highest BCUT2D eigenvalue weighted by Gasteiger charge is 2.31. The molecule has 1 saturated heterocycles. The summed E-state index contributed by atoms with van der Waals surface area (Å²) < 4.78 is 0. The highest BCUT2D eigenvalue weighted by molar-refractivity contribution is 5.90. The standard InChI is InChI=1S/C17H24N4/c1-4-13-11-10-12(3)21(13)16-14-8-6-7-9-15(14)19-17(20-16)18-5-2/h6-9,12-13H,4-5,10-11H2,1-3H3,(H,18,19,20). The van der Waals surface area contributed by atoms with E-state index in [1.54, 1.807) is 0 Å². The minimum atomic E-state index is 0.544. The molecular formula is C17H24N4. The van der Waals surface area contributed by atoms with Gasteiger partial charge in [0, 0.05) is 24.0 Å². The molecule has 0 amide bonds. The molecule has 112 valence electrons. The van der Waals surface area contributed by atoms with Crippen LogP contribution in [0, 0.1) is 0 Å². The molecule has 0 bridgehead atoms. The summed E-state index contributed by atoms with van der Waals surface area (Å²) in [6.45, 7) is 7.49. The number of nitrogens with zero attached hydrogens (tertiary/aromatic N) is 3. The number of rotatable bonds is 4. The van der Waals surface area contributed by atoms with E-state index in [4.69, 9.17) is 4.98 Å². The van der Waals surface area contributed by atoms with Gasteiger partial charge in [-0.1, -0.05) is 19.1 Å². The second-order valence-corrected chi connectivity index (χ2v) is 5.81. The molecule has 2 heterocycles. The Bertz CT molecular complexity index is 625. The lowest BCUT2D eigenvalue weighted by atomic mass is 10.1. The van der Waals surface area contributed by atoms with Crippen LogP contribution in [0.5, 0.6) is 0 Å². The summed E-state index contributed by atoms with van der Waals surface area (Å²) in [4.78, 5) is 12.0. The Kier molecular flexibility index (Phi) is 3.95. The van der Waals surface area contributed by atoms with Gasteiger partial charge in [-0.2, -0.15) is 4.98 Å². The van der Waals surface area contributed by atoms with E-state index < -0.39 is 0 Å². The lowest BCUT2D eigenvalue weighted by molar-refractivity contribution is 0.623. The van der Waals surface area contributed by atoms with Crippen molar-refractivity contribution in [3.63, 3.8) is 0 Å². The molecule has 0 saturated carbocycles. The van der Waals surface area contributed by atoms with Crippen molar-refractivity contribution < 1.29 is 0 Å². The predicted molar refractivity (Wildman–Crippen MR) is 89.0 cm³/mol. The maximum atomic E-state index is 4.82. The number of para-hydroxylation sites is 1. The smallest absolute Gasteiger partial charge is 0.225 e. The minimum absolute atomic E-state index is 0.544. The van der Waals surface area contributed by atoms with Crippen molar-refractivity contribution in [1.82, 2.24) is 9.97 Å². The van der Waals surface area contributed by atoms with Crippen molar-refractivity contribution in [2.45, 2.75) is 52.1 Å². The minimum Gasteiger partial charge on any atom is -0.354 e. The van der Waals surface area contributed by atoms with E-state index in [1.165, 1.54) is 19.3 Å². The third-order valence-electron chi connectivity index (χ3n) is 4.42. The fraction of sp³-hybridized carbons (Fsp3) is 0.529. The summed E-state index contributed by atoms with van der Waals surface area (Å²) in [5.41, 5.74) is 1.02. The number of hydrogen-bond donors (Lipinski definition) is 1. The molecule has 2 unspecified atom stereocenters. The second kappa shape index (κ2) is 5.88. The van der Waals surface area contributed by atoms with E-state index in [0.717, 1.165) is 29.2 Å². The SMILES string of the molecule is CCNc1nc(N2C(C)CCC2CC)c2ccccc2n1. The first kappa shape index (κ1) is 14.1. The van der Waals surface area contributed by atoms with Gasteiger partial charge in [0.25, 0.3) is 0 Å². The van der Waals surface area contributed by atoms with Gasteiger partial charge < -0.3 is 10.2 Å². The maximum absolute atomic E-state index is 4.82. The average molecular weight is 284 g/mol. The van der Waals surface area contributed by atoms with E-state index in [9.17, 15) is 0 Å². The van der Waals surface area contributed by atoms with Crippen LogP contribution in [-0.4, -0.2) is 28.6 Å². The van der Waals surface area contributed by atoms with Crippen molar-refractivity contribution in [2.75, 3.05) is 16.8 Å². The second-order valence-electron chi connectivity index (χ2n) is 5.81. The van der Waals surface area contributed by atoms with Gasteiger partial charge in [-0.25, -0.2) is 4.98 Å². The monoisotopic (exact) mass is 284 g/mol. The van der Waals surface area contributed by atoms with Crippen molar-refractivity contribution >= 4 is 22.7 Å². The lowest BCUT2D eigenvalue weighted by Crippen LogP contribution is -2.35. The highest BCUT2D eigenvalue weighted by atomic mass is 15.3. The summed E-state index contributed by atoms with van der Waals surface area (Å²) >= 11 is 0. The molecule has 3 rings (SSSR count). The van der Waals surface area contributed by atoms with Crippen molar-refractivity contribution in [2.24, 2.45) is 0 Å². The molecule has 1 aliphatic rings. The fourth-order valence-corrected chi connectivity index (χ4v) is 3.35. The molecule has 1 fully saturated rings. The molecule has 2 aromatic rings. The molecule has 1 aliphatic heterocycles. The van der Waals surface area contributed by atoms with Gasteiger partial charge in [0.05, 0.1) is 5.52 Å². The van der Waals surface area contributed by atoms with E-state index in [1.807, 2.05) is 6.07 Å². The Labute approximate surface area is 126 Å². The Balaban J connectivity index is 2.15. The van der Waals surface area contributed by atoms with Gasteiger partial charge in [0.2, 0.25) is 5.95 Å². The van der Waals surface area contributed by atoms with Crippen LogP contribution >= 0.6 is 0 Å². The van der Waals surface area contributed by atoms with Crippen LogP contribution in [0.2, 0.25) is 0 Å². The third-order valence-corrected chi connectivity index (χ3v) is 4.42.